The summed E-state index contributed by atoms with van der Waals surface area (Å²) in [4.78, 5) is 27.3. The molecule has 1 aliphatic heterocycles. The molecule has 9 nitrogen and oxygen atoms in total. The molecule has 0 aliphatic carbocycles. The van der Waals surface area contributed by atoms with Gasteiger partial charge in [-0.05, 0) is 62.3 Å². The fourth-order valence-corrected chi connectivity index (χ4v) is 5.55. The van der Waals surface area contributed by atoms with Gasteiger partial charge in [0.05, 0.1) is 28.8 Å². The highest BCUT2D eigenvalue weighted by molar-refractivity contribution is 5.96. The first-order valence-electron chi connectivity index (χ1n) is 13.7. The molecule has 10 heteroatoms. The average Bonchev–Trinajstić information content (AvgIpc) is 3.58. The number of amides is 1. The zero-order valence-corrected chi connectivity index (χ0v) is 22.8. The van der Waals surface area contributed by atoms with E-state index in [9.17, 15) is 14.7 Å². The minimum atomic E-state index is -1.08. The highest BCUT2D eigenvalue weighted by atomic mass is 19.1. The van der Waals surface area contributed by atoms with Crippen molar-refractivity contribution in [2.45, 2.75) is 57.9 Å². The van der Waals surface area contributed by atoms with E-state index in [2.05, 4.69) is 22.3 Å². The topological polar surface area (TPSA) is 106 Å². The van der Waals surface area contributed by atoms with Gasteiger partial charge in [-0.25, -0.2) is 13.9 Å². The van der Waals surface area contributed by atoms with Crippen LogP contribution in [0.15, 0.2) is 54.9 Å². The molecule has 1 atom stereocenters. The number of halogens is 1. The monoisotopic (exact) mass is 544 g/mol. The third kappa shape index (κ3) is 5.52. The molecule has 5 rings (SSSR count). The highest BCUT2D eigenvalue weighted by Crippen LogP contribution is 2.30. The lowest BCUT2D eigenvalue weighted by molar-refractivity contribution is 0.0595. The van der Waals surface area contributed by atoms with Crippen LogP contribution in [-0.4, -0.2) is 59.2 Å². The zero-order valence-electron chi connectivity index (χ0n) is 22.8. The number of aryl methyl sites for hydroxylation is 2. The highest BCUT2D eigenvalue weighted by Gasteiger charge is 2.29. The van der Waals surface area contributed by atoms with E-state index < -0.39 is 11.8 Å². The third-order valence-electron chi connectivity index (χ3n) is 7.51. The van der Waals surface area contributed by atoms with Crippen molar-refractivity contribution in [2.75, 3.05) is 6.54 Å². The number of piperidine rings is 1. The Kier molecular flexibility index (Phi) is 8.04. The van der Waals surface area contributed by atoms with Crippen molar-refractivity contribution in [3.8, 4) is 16.8 Å². The van der Waals surface area contributed by atoms with Crippen molar-refractivity contribution in [3.05, 3.63) is 83.2 Å². The van der Waals surface area contributed by atoms with E-state index >= 15 is 4.39 Å². The van der Waals surface area contributed by atoms with Gasteiger partial charge in [0.1, 0.15) is 11.4 Å². The predicted octanol–water partition coefficient (Wildman–Crippen LogP) is 5.09. The molecule has 1 fully saturated rings. The maximum absolute atomic E-state index is 15.9. The number of carboxylic acid groups (broad SMARTS) is 1. The van der Waals surface area contributed by atoms with E-state index in [1.165, 1.54) is 6.20 Å². The summed E-state index contributed by atoms with van der Waals surface area (Å²) in [5, 5.41) is 22.1. The SMILES string of the molecule is CCCC1CCCCN1C(=O)c1cccc(-c2cccc(-n3ncc(C(=O)O)c3CCc3cn(C)nn3)c2)c1F. The quantitative estimate of drug-likeness (QED) is 0.315. The van der Waals surface area contributed by atoms with E-state index in [4.69, 9.17) is 0 Å². The molecule has 0 saturated carbocycles. The number of rotatable bonds is 9. The summed E-state index contributed by atoms with van der Waals surface area (Å²) in [5.74, 6) is -1.90. The second-order valence-electron chi connectivity index (χ2n) is 10.3. The molecule has 1 aliphatic rings. The lowest BCUT2D eigenvalue weighted by Crippen LogP contribution is -2.44. The molecule has 2 aromatic carbocycles. The number of nitrogens with zero attached hydrogens (tertiary/aromatic N) is 6. The van der Waals surface area contributed by atoms with E-state index in [0.717, 1.165) is 37.8 Å². The van der Waals surface area contributed by atoms with Crippen LogP contribution in [0, 0.1) is 5.82 Å². The number of carboxylic acids is 1. The molecule has 4 aromatic rings. The minimum absolute atomic E-state index is 0.0721. The van der Waals surface area contributed by atoms with Crippen LogP contribution in [0.1, 0.15) is 71.1 Å². The molecule has 40 heavy (non-hydrogen) atoms. The van der Waals surface area contributed by atoms with Gasteiger partial charge in [0, 0.05) is 31.4 Å². The normalized spacial score (nSPS) is 15.4. The Labute approximate surface area is 232 Å². The van der Waals surface area contributed by atoms with Gasteiger partial charge in [-0.2, -0.15) is 5.10 Å². The molecular formula is C30H33FN6O3. The summed E-state index contributed by atoms with van der Waals surface area (Å²) in [6, 6.07) is 12.2. The van der Waals surface area contributed by atoms with Crippen molar-refractivity contribution in [1.82, 2.24) is 29.7 Å². The molecule has 1 amide bonds. The number of aromatic nitrogens is 5. The van der Waals surface area contributed by atoms with E-state index in [1.807, 2.05) is 4.90 Å². The third-order valence-corrected chi connectivity index (χ3v) is 7.51. The second-order valence-corrected chi connectivity index (χ2v) is 10.3. The number of benzene rings is 2. The van der Waals surface area contributed by atoms with E-state index in [1.54, 1.807) is 65.1 Å². The summed E-state index contributed by atoms with van der Waals surface area (Å²) in [6.07, 6.45) is 8.81. The Morgan fingerprint density at radius 3 is 2.67 bits per heavy atom. The standard InChI is InChI=1S/C30H33FN6O3/c1-3-8-22-10-4-5-16-36(22)29(38)25-13-7-12-24(28(25)31)20-9-6-11-23(17-20)37-27(26(18-32-37)30(39)40)15-14-21-19-35(2)34-33-21/h6-7,9,11-13,17-19,22H,3-5,8,10,14-16H2,1-2H3,(H,39,40). The van der Waals surface area contributed by atoms with Crippen molar-refractivity contribution < 1.29 is 19.1 Å². The fraction of sp³-hybridized carbons (Fsp3) is 0.367. The molecular weight excluding hydrogens is 511 g/mol. The molecule has 2 aromatic heterocycles. The molecule has 0 radical (unpaired) electrons. The number of hydrogen-bond acceptors (Lipinski definition) is 5. The van der Waals surface area contributed by atoms with Crippen molar-refractivity contribution in [1.29, 1.82) is 0 Å². The van der Waals surface area contributed by atoms with Gasteiger partial charge in [0.2, 0.25) is 0 Å². The lowest BCUT2D eigenvalue weighted by Gasteiger charge is -2.36. The molecule has 208 valence electrons. The van der Waals surface area contributed by atoms with Gasteiger partial charge in [0.25, 0.3) is 5.91 Å². The first kappa shape index (κ1) is 27.2. The Morgan fingerprint density at radius 1 is 1.10 bits per heavy atom. The largest absolute Gasteiger partial charge is 0.478 e. The maximum atomic E-state index is 15.9. The Morgan fingerprint density at radius 2 is 1.93 bits per heavy atom. The first-order chi connectivity index (χ1) is 19.4. The van der Waals surface area contributed by atoms with Crippen LogP contribution in [-0.2, 0) is 19.9 Å². The number of carbonyl (C=O) groups excluding carboxylic acids is 1. The molecule has 1 saturated heterocycles. The number of carbonyl (C=O) groups is 2. The molecule has 1 N–H and O–H groups in total. The van der Waals surface area contributed by atoms with Crippen molar-refractivity contribution in [2.24, 2.45) is 7.05 Å². The van der Waals surface area contributed by atoms with Crippen molar-refractivity contribution >= 4 is 11.9 Å². The van der Waals surface area contributed by atoms with Gasteiger partial charge in [-0.3, -0.25) is 9.48 Å². The Balaban J connectivity index is 1.47. The van der Waals surface area contributed by atoms with Crippen LogP contribution in [0.5, 0.6) is 0 Å². The molecule has 1 unspecified atom stereocenters. The van der Waals surface area contributed by atoms with Crippen LogP contribution >= 0.6 is 0 Å². The van der Waals surface area contributed by atoms with Crippen LogP contribution in [0.4, 0.5) is 4.39 Å². The number of hydrogen-bond donors (Lipinski definition) is 1. The van der Waals surface area contributed by atoms with Gasteiger partial charge in [-0.15, -0.1) is 5.10 Å². The Hall–Kier alpha value is -4.34. The van der Waals surface area contributed by atoms with Gasteiger partial charge < -0.3 is 10.0 Å². The summed E-state index contributed by atoms with van der Waals surface area (Å²) in [7, 11) is 1.77. The molecule has 0 bridgehead atoms. The smallest absolute Gasteiger partial charge is 0.339 e. The minimum Gasteiger partial charge on any atom is -0.478 e. The zero-order chi connectivity index (χ0) is 28.2. The van der Waals surface area contributed by atoms with Gasteiger partial charge >= 0.3 is 5.97 Å². The summed E-state index contributed by atoms with van der Waals surface area (Å²) in [6.45, 7) is 2.75. The van der Waals surface area contributed by atoms with Crippen LogP contribution in [0.25, 0.3) is 16.8 Å². The Bertz CT molecular complexity index is 1530. The van der Waals surface area contributed by atoms with Gasteiger partial charge in [0.15, 0.2) is 0 Å². The summed E-state index contributed by atoms with van der Waals surface area (Å²) >= 11 is 0. The average molecular weight is 545 g/mol. The molecule has 0 spiro atoms. The van der Waals surface area contributed by atoms with E-state index in [0.29, 0.717) is 41.9 Å². The van der Waals surface area contributed by atoms with Crippen LogP contribution in [0.2, 0.25) is 0 Å². The number of aromatic carboxylic acids is 1. The lowest BCUT2D eigenvalue weighted by atomic mass is 9.96. The van der Waals surface area contributed by atoms with Crippen LogP contribution in [0.3, 0.4) is 0 Å². The summed E-state index contributed by atoms with van der Waals surface area (Å²) in [5.41, 5.74) is 2.88. The predicted molar refractivity (Wildman–Crippen MR) is 148 cm³/mol. The van der Waals surface area contributed by atoms with Crippen LogP contribution < -0.4 is 0 Å². The van der Waals surface area contributed by atoms with Gasteiger partial charge in [-0.1, -0.05) is 42.8 Å². The first-order valence-corrected chi connectivity index (χ1v) is 13.7. The fourth-order valence-electron chi connectivity index (χ4n) is 5.55. The number of likely N-dealkylation sites (tertiary alicyclic amines) is 1. The van der Waals surface area contributed by atoms with Crippen molar-refractivity contribution in [3.63, 3.8) is 0 Å². The maximum Gasteiger partial charge on any atom is 0.339 e. The van der Waals surface area contributed by atoms with E-state index in [-0.39, 0.29) is 23.1 Å². The molecule has 3 heterocycles. The second kappa shape index (κ2) is 11.8. The summed E-state index contributed by atoms with van der Waals surface area (Å²) < 4.78 is 19.1.